The molecular weight excluding hydrogens is 587 g/mol. The van der Waals surface area contributed by atoms with Crippen LogP contribution in [0.1, 0.15) is 53.4 Å². The van der Waals surface area contributed by atoms with E-state index in [-0.39, 0.29) is 26.2 Å². The minimum atomic E-state index is -1.80. The van der Waals surface area contributed by atoms with Gasteiger partial charge >= 0.3 is 26.2 Å². The molecule has 0 aromatic heterocycles. The number of rotatable bonds is 12. The van der Waals surface area contributed by atoms with Crippen molar-refractivity contribution in [3.8, 4) is 0 Å². The van der Waals surface area contributed by atoms with Crippen LogP contribution in [0.2, 0.25) is 0 Å². The summed E-state index contributed by atoms with van der Waals surface area (Å²) in [4.78, 5) is 119. The van der Waals surface area contributed by atoms with Crippen LogP contribution in [-0.4, -0.2) is 70.1 Å². The summed E-state index contributed by atoms with van der Waals surface area (Å²) in [7, 11) is 0. The Kier molecular flexibility index (Phi) is 27.9. The van der Waals surface area contributed by atoms with Gasteiger partial charge in [-0.1, -0.05) is 0 Å². The number of Topliss-reactive ketones (excluding diaryl/α,β-unsaturated/α-hetero) is 8. The molecule has 0 aliphatic carbocycles. The molecule has 17 heteroatoms. The fraction of sp³-hybridized carbons (Fsp3) is 0.400. The SMILES string of the molecule is CC(=O)CC(=O)C(=O)[O-].CC(=O)CC(=O)C(=O)[O-].CC(=O)CC(=O)C(=O)[O-].CC(=O)CC(=O)C(=O)[O-].[Zr+4]. The standard InChI is InChI=1S/4C5H6O4.Zr/c4*1-3(6)2-4(7)5(8)9;/h4*2H2,1H3,(H,8,9);/q;;;;+4/p-4. The van der Waals surface area contributed by atoms with E-state index in [0.29, 0.717) is 0 Å². The Labute approximate surface area is 227 Å². The minimum absolute atomic E-state index is 0. The van der Waals surface area contributed by atoms with Crippen LogP contribution in [0.4, 0.5) is 0 Å². The van der Waals surface area contributed by atoms with Crippen molar-refractivity contribution in [3.63, 3.8) is 0 Å². The number of hydrogen-bond donors (Lipinski definition) is 0. The molecule has 0 atom stereocenters. The van der Waals surface area contributed by atoms with Crippen molar-refractivity contribution in [2.24, 2.45) is 0 Å². The second-order valence-corrected chi connectivity index (χ2v) is 6.36. The number of carbonyl (C=O) groups is 12. The van der Waals surface area contributed by atoms with Crippen molar-refractivity contribution >= 4 is 70.1 Å². The first-order valence-corrected chi connectivity index (χ1v) is 9.09. The third kappa shape index (κ3) is 36.9. The van der Waals surface area contributed by atoms with Gasteiger partial charge in [-0.3, -0.25) is 38.4 Å². The Morgan fingerprint density at radius 2 is 0.459 bits per heavy atom. The Bertz CT molecular complexity index is 792. The van der Waals surface area contributed by atoms with Gasteiger partial charge in [0.25, 0.3) is 0 Å². The Morgan fingerprint density at radius 3 is 0.486 bits per heavy atom. The smallest absolute Gasteiger partial charge is 0.542 e. The summed E-state index contributed by atoms with van der Waals surface area (Å²) < 4.78 is 0. The number of hydrogen-bond acceptors (Lipinski definition) is 16. The fourth-order valence-corrected chi connectivity index (χ4v) is 1.19. The summed E-state index contributed by atoms with van der Waals surface area (Å²) >= 11 is 0. The zero-order chi connectivity index (χ0) is 29.8. The van der Waals surface area contributed by atoms with Crippen LogP contribution in [-0.2, 0) is 83.7 Å². The van der Waals surface area contributed by atoms with Gasteiger partial charge in [0.15, 0.2) is 23.1 Å². The molecule has 0 radical (unpaired) electrons. The van der Waals surface area contributed by atoms with E-state index in [0.717, 1.165) is 27.7 Å². The summed E-state index contributed by atoms with van der Waals surface area (Å²) in [6, 6.07) is 0. The maximum Gasteiger partial charge on any atom is 4.00 e. The minimum Gasteiger partial charge on any atom is -0.542 e. The van der Waals surface area contributed by atoms with Crippen molar-refractivity contribution in [2.75, 3.05) is 0 Å². The second kappa shape index (κ2) is 23.8. The molecule has 0 heterocycles. The van der Waals surface area contributed by atoms with E-state index in [1.165, 1.54) is 0 Å². The zero-order valence-electron chi connectivity index (χ0n) is 19.9. The van der Waals surface area contributed by atoms with Crippen LogP contribution in [0, 0.1) is 0 Å². The van der Waals surface area contributed by atoms with Crippen LogP contribution in [0.5, 0.6) is 0 Å². The fourth-order valence-electron chi connectivity index (χ4n) is 1.19. The van der Waals surface area contributed by atoms with Crippen molar-refractivity contribution in [3.05, 3.63) is 0 Å². The largest absolute Gasteiger partial charge is 4.00 e. The molecular formula is C20H20O16Zr. The molecule has 16 nitrogen and oxygen atoms in total. The van der Waals surface area contributed by atoms with E-state index in [9.17, 15) is 78.0 Å². The normalized spacial score (nSPS) is 8.32. The molecule has 0 bridgehead atoms. The third-order valence-electron chi connectivity index (χ3n) is 2.55. The Balaban J connectivity index is -0.000000122. The Morgan fingerprint density at radius 1 is 0.351 bits per heavy atom. The number of carbonyl (C=O) groups excluding carboxylic acids is 12. The van der Waals surface area contributed by atoms with Gasteiger partial charge < -0.3 is 39.6 Å². The van der Waals surface area contributed by atoms with Gasteiger partial charge in [-0.05, 0) is 27.7 Å². The van der Waals surface area contributed by atoms with E-state index in [4.69, 9.17) is 0 Å². The first-order chi connectivity index (χ1) is 16.1. The predicted octanol–water partition coefficient (Wildman–Crippen LogP) is -6.86. The number of carboxylic acids is 4. The van der Waals surface area contributed by atoms with Gasteiger partial charge in [0.05, 0.1) is 25.7 Å². The molecule has 0 rings (SSSR count). The molecule has 0 aromatic rings. The van der Waals surface area contributed by atoms with Crippen molar-refractivity contribution in [1.82, 2.24) is 0 Å². The van der Waals surface area contributed by atoms with E-state index in [1.54, 1.807) is 0 Å². The van der Waals surface area contributed by atoms with E-state index < -0.39 is 95.8 Å². The molecule has 0 amide bonds. The maximum atomic E-state index is 10.1. The molecule has 200 valence electrons. The van der Waals surface area contributed by atoms with E-state index in [2.05, 4.69) is 0 Å². The van der Waals surface area contributed by atoms with Crippen molar-refractivity contribution in [2.45, 2.75) is 53.4 Å². The number of aliphatic carboxylic acids is 4. The summed E-state index contributed by atoms with van der Waals surface area (Å²) in [5, 5.41) is 38.5. The monoisotopic (exact) mass is 606 g/mol. The van der Waals surface area contributed by atoms with Gasteiger partial charge in [0.1, 0.15) is 47.0 Å². The molecule has 0 N–H and O–H groups in total. The summed E-state index contributed by atoms with van der Waals surface area (Å²) in [5.41, 5.74) is 0. The molecule has 0 unspecified atom stereocenters. The van der Waals surface area contributed by atoms with Gasteiger partial charge in [0, 0.05) is 0 Å². The summed E-state index contributed by atoms with van der Waals surface area (Å²) in [6.45, 7) is 4.56. The first-order valence-electron chi connectivity index (χ1n) is 9.09. The van der Waals surface area contributed by atoms with Crippen molar-refractivity contribution < 1.29 is 104 Å². The maximum absolute atomic E-state index is 10.1. The second-order valence-electron chi connectivity index (χ2n) is 6.36. The molecule has 0 fully saturated rings. The quantitative estimate of drug-likeness (QED) is 0.147. The molecule has 0 spiro atoms. The van der Waals surface area contributed by atoms with Gasteiger partial charge in [-0.25, -0.2) is 0 Å². The average molecular weight is 608 g/mol. The van der Waals surface area contributed by atoms with E-state index in [1.807, 2.05) is 0 Å². The van der Waals surface area contributed by atoms with Crippen LogP contribution in [0.15, 0.2) is 0 Å². The molecule has 37 heavy (non-hydrogen) atoms. The topological polar surface area (TPSA) is 297 Å². The van der Waals surface area contributed by atoms with Crippen molar-refractivity contribution in [1.29, 1.82) is 0 Å². The third-order valence-corrected chi connectivity index (χ3v) is 2.55. The number of carboxylic acid groups (broad SMARTS) is 4. The van der Waals surface area contributed by atoms with Crippen LogP contribution >= 0.6 is 0 Å². The molecule has 0 aliphatic rings. The van der Waals surface area contributed by atoms with Gasteiger partial charge in [0.2, 0.25) is 0 Å². The van der Waals surface area contributed by atoms with Gasteiger partial charge in [-0.2, -0.15) is 0 Å². The Hall–Kier alpha value is -3.88. The number of ketones is 8. The van der Waals surface area contributed by atoms with Crippen LogP contribution in [0.25, 0.3) is 0 Å². The van der Waals surface area contributed by atoms with Crippen LogP contribution < -0.4 is 20.4 Å². The molecule has 0 aromatic carbocycles. The predicted molar refractivity (Wildman–Crippen MR) is 101 cm³/mol. The summed E-state index contributed by atoms with van der Waals surface area (Å²) in [5.74, 6) is -13.7. The molecule has 0 saturated carbocycles. The van der Waals surface area contributed by atoms with Gasteiger partial charge in [-0.15, -0.1) is 0 Å². The first kappa shape index (κ1) is 43.2. The zero-order valence-corrected chi connectivity index (χ0v) is 22.3. The van der Waals surface area contributed by atoms with Crippen LogP contribution in [0.3, 0.4) is 0 Å². The molecule has 0 saturated heterocycles. The average Bonchev–Trinajstić information content (AvgIpc) is 2.67. The summed E-state index contributed by atoms with van der Waals surface area (Å²) in [6.07, 6.45) is -2.27. The molecule has 0 aliphatic heterocycles. The van der Waals surface area contributed by atoms with E-state index >= 15 is 0 Å².